The van der Waals surface area contributed by atoms with E-state index in [-0.39, 0.29) is 18.0 Å². The van der Waals surface area contributed by atoms with Gasteiger partial charge in [0.25, 0.3) is 0 Å². The molecule has 0 aromatic heterocycles. The van der Waals surface area contributed by atoms with Crippen molar-refractivity contribution in [3.63, 3.8) is 0 Å². The van der Waals surface area contributed by atoms with Crippen LogP contribution in [-0.2, 0) is 4.74 Å². The van der Waals surface area contributed by atoms with Crippen LogP contribution in [0.1, 0.15) is 30.0 Å². The van der Waals surface area contributed by atoms with Gasteiger partial charge in [-0.1, -0.05) is 6.07 Å². The molecule has 3 nitrogen and oxygen atoms in total. The monoisotopic (exact) mass is 278 g/mol. The van der Waals surface area contributed by atoms with E-state index in [2.05, 4.69) is 17.3 Å². The van der Waals surface area contributed by atoms with E-state index in [0.29, 0.717) is 6.04 Å². The average molecular weight is 278 g/mol. The molecule has 0 radical (unpaired) electrons. The molecule has 1 aliphatic heterocycles. The first-order valence-corrected chi connectivity index (χ1v) is 7.46. The van der Waals surface area contributed by atoms with Crippen LogP contribution in [0.5, 0.6) is 0 Å². The molecule has 4 heteroatoms. The number of rotatable bonds is 4. The number of ether oxygens (including phenoxy) is 1. The van der Waals surface area contributed by atoms with Gasteiger partial charge in [0, 0.05) is 19.1 Å². The lowest BCUT2D eigenvalue weighted by Crippen LogP contribution is -2.48. The van der Waals surface area contributed by atoms with E-state index in [1.54, 1.807) is 12.1 Å². The summed E-state index contributed by atoms with van der Waals surface area (Å²) in [4.78, 5) is 2.32. The Morgan fingerprint density at radius 2 is 2.20 bits per heavy atom. The van der Waals surface area contributed by atoms with Gasteiger partial charge in [0.1, 0.15) is 5.82 Å². The second-order valence-electron chi connectivity index (χ2n) is 6.02. The Hall–Kier alpha value is -0.970. The van der Waals surface area contributed by atoms with Crippen molar-refractivity contribution in [1.82, 2.24) is 10.2 Å². The molecule has 1 saturated heterocycles. The molecule has 1 aromatic rings. The van der Waals surface area contributed by atoms with E-state index < -0.39 is 0 Å². The molecule has 2 fully saturated rings. The molecule has 1 N–H and O–H groups in total. The van der Waals surface area contributed by atoms with E-state index in [4.69, 9.17) is 4.74 Å². The summed E-state index contributed by atoms with van der Waals surface area (Å²) in [5.41, 5.74) is 2.18. The van der Waals surface area contributed by atoms with Gasteiger partial charge in [0.2, 0.25) is 0 Å². The minimum atomic E-state index is -0.168. The SMILES string of the molecule is Cc1cc(F)ccc1C1C(CNC2CC2)OCCN1C. The number of benzene rings is 1. The molecule has 2 aliphatic rings. The van der Waals surface area contributed by atoms with E-state index in [0.717, 1.165) is 25.3 Å². The van der Waals surface area contributed by atoms with Crippen LogP contribution in [0.15, 0.2) is 18.2 Å². The number of halogens is 1. The lowest BCUT2D eigenvalue weighted by Gasteiger charge is -2.40. The lowest BCUT2D eigenvalue weighted by atomic mass is 9.94. The van der Waals surface area contributed by atoms with Gasteiger partial charge in [-0.15, -0.1) is 0 Å². The van der Waals surface area contributed by atoms with Crippen molar-refractivity contribution < 1.29 is 9.13 Å². The molecule has 1 aromatic carbocycles. The molecule has 3 rings (SSSR count). The molecule has 20 heavy (non-hydrogen) atoms. The maximum absolute atomic E-state index is 13.3. The predicted octanol–water partition coefficient (Wildman–Crippen LogP) is 2.26. The first-order chi connectivity index (χ1) is 9.65. The standard InChI is InChI=1S/C16H23FN2O/c1-11-9-12(17)3-6-14(11)16-15(10-18-13-4-5-13)20-8-7-19(16)2/h3,6,9,13,15-16,18H,4-5,7-8,10H2,1-2H3. The maximum Gasteiger partial charge on any atom is 0.123 e. The average Bonchev–Trinajstić information content (AvgIpc) is 3.22. The Labute approximate surface area is 120 Å². The maximum atomic E-state index is 13.3. The summed E-state index contributed by atoms with van der Waals surface area (Å²) in [6.07, 6.45) is 2.70. The highest BCUT2D eigenvalue weighted by Gasteiger charge is 2.33. The zero-order valence-electron chi connectivity index (χ0n) is 12.2. The Morgan fingerprint density at radius 1 is 1.40 bits per heavy atom. The third kappa shape index (κ3) is 3.03. The summed E-state index contributed by atoms with van der Waals surface area (Å²) < 4.78 is 19.3. The van der Waals surface area contributed by atoms with Gasteiger partial charge in [-0.3, -0.25) is 4.90 Å². The summed E-state index contributed by atoms with van der Waals surface area (Å²) >= 11 is 0. The number of aryl methyl sites for hydroxylation is 1. The van der Waals surface area contributed by atoms with Crippen LogP contribution in [0.2, 0.25) is 0 Å². The van der Waals surface area contributed by atoms with E-state index >= 15 is 0 Å². The molecular weight excluding hydrogens is 255 g/mol. The summed E-state index contributed by atoms with van der Waals surface area (Å²) in [5.74, 6) is -0.168. The van der Waals surface area contributed by atoms with Gasteiger partial charge in [-0.25, -0.2) is 4.39 Å². The van der Waals surface area contributed by atoms with Crippen LogP contribution < -0.4 is 5.32 Å². The molecule has 1 saturated carbocycles. The molecule has 2 unspecified atom stereocenters. The van der Waals surface area contributed by atoms with Crippen molar-refractivity contribution in [3.05, 3.63) is 35.1 Å². The smallest absolute Gasteiger partial charge is 0.123 e. The molecular formula is C16H23FN2O. The summed E-state index contributed by atoms with van der Waals surface area (Å²) in [7, 11) is 2.13. The van der Waals surface area contributed by atoms with E-state index in [9.17, 15) is 4.39 Å². The molecule has 1 aliphatic carbocycles. The Balaban J connectivity index is 1.80. The van der Waals surface area contributed by atoms with Crippen molar-refractivity contribution in [3.8, 4) is 0 Å². The van der Waals surface area contributed by atoms with Crippen molar-refractivity contribution in [1.29, 1.82) is 0 Å². The number of hydrogen-bond donors (Lipinski definition) is 1. The van der Waals surface area contributed by atoms with Crippen molar-refractivity contribution in [2.75, 3.05) is 26.7 Å². The summed E-state index contributed by atoms with van der Waals surface area (Å²) in [5, 5.41) is 3.55. The van der Waals surface area contributed by atoms with Gasteiger partial charge < -0.3 is 10.1 Å². The second-order valence-corrected chi connectivity index (χ2v) is 6.02. The first kappa shape index (κ1) is 14.0. The highest BCUT2D eigenvalue weighted by Crippen LogP contribution is 2.31. The van der Waals surface area contributed by atoms with Gasteiger partial charge in [0.15, 0.2) is 0 Å². The minimum Gasteiger partial charge on any atom is -0.374 e. The number of hydrogen-bond acceptors (Lipinski definition) is 3. The highest BCUT2D eigenvalue weighted by molar-refractivity contribution is 5.31. The fourth-order valence-corrected chi connectivity index (χ4v) is 3.01. The zero-order valence-corrected chi connectivity index (χ0v) is 12.2. The molecule has 0 spiro atoms. The Kier molecular flexibility index (Phi) is 4.06. The van der Waals surface area contributed by atoms with E-state index in [1.807, 2.05) is 13.0 Å². The third-order valence-corrected chi connectivity index (χ3v) is 4.34. The normalized spacial score (nSPS) is 27.8. The van der Waals surface area contributed by atoms with Crippen LogP contribution in [0.3, 0.4) is 0 Å². The number of nitrogens with one attached hydrogen (secondary N) is 1. The van der Waals surface area contributed by atoms with Crippen LogP contribution >= 0.6 is 0 Å². The molecule has 2 atom stereocenters. The summed E-state index contributed by atoms with van der Waals surface area (Å²) in [6, 6.07) is 5.96. The topological polar surface area (TPSA) is 24.5 Å². The largest absolute Gasteiger partial charge is 0.374 e. The number of morpholine rings is 1. The third-order valence-electron chi connectivity index (χ3n) is 4.34. The zero-order chi connectivity index (χ0) is 14.1. The van der Waals surface area contributed by atoms with Gasteiger partial charge in [-0.05, 0) is 50.1 Å². The molecule has 0 amide bonds. The van der Waals surface area contributed by atoms with Crippen LogP contribution in [0.25, 0.3) is 0 Å². The van der Waals surface area contributed by atoms with Crippen LogP contribution in [0.4, 0.5) is 4.39 Å². The predicted molar refractivity (Wildman–Crippen MR) is 77.3 cm³/mol. The van der Waals surface area contributed by atoms with Crippen molar-refractivity contribution in [2.45, 2.75) is 38.0 Å². The summed E-state index contributed by atoms with van der Waals surface area (Å²) in [6.45, 7) is 4.54. The van der Waals surface area contributed by atoms with Crippen molar-refractivity contribution in [2.24, 2.45) is 0 Å². The van der Waals surface area contributed by atoms with Crippen molar-refractivity contribution >= 4 is 0 Å². The molecule has 0 bridgehead atoms. The van der Waals surface area contributed by atoms with Crippen LogP contribution in [0, 0.1) is 12.7 Å². The number of likely N-dealkylation sites (N-methyl/N-ethyl adjacent to an activating group) is 1. The molecule has 110 valence electrons. The van der Waals surface area contributed by atoms with Gasteiger partial charge >= 0.3 is 0 Å². The fourth-order valence-electron chi connectivity index (χ4n) is 3.01. The fraction of sp³-hybridized carbons (Fsp3) is 0.625. The quantitative estimate of drug-likeness (QED) is 0.914. The number of nitrogens with zero attached hydrogens (tertiary/aromatic N) is 1. The minimum absolute atomic E-state index is 0.138. The van der Waals surface area contributed by atoms with Crippen LogP contribution in [-0.4, -0.2) is 43.8 Å². The van der Waals surface area contributed by atoms with Gasteiger partial charge in [-0.2, -0.15) is 0 Å². The Morgan fingerprint density at radius 3 is 2.90 bits per heavy atom. The first-order valence-electron chi connectivity index (χ1n) is 7.46. The van der Waals surface area contributed by atoms with Gasteiger partial charge in [0.05, 0.1) is 18.8 Å². The lowest BCUT2D eigenvalue weighted by molar-refractivity contribution is -0.0617. The second kappa shape index (κ2) is 5.80. The molecule has 1 heterocycles. The van der Waals surface area contributed by atoms with E-state index in [1.165, 1.54) is 18.4 Å². The highest BCUT2D eigenvalue weighted by atomic mass is 19.1. The Bertz CT molecular complexity index is 476.